The Morgan fingerprint density at radius 2 is 2.12 bits per heavy atom. The Hall–Kier alpha value is -2.89. The fourth-order valence-corrected chi connectivity index (χ4v) is 3.46. The van der Waals surface area contributed by atoms with Gasteiger partial charge in [-0.1, -0.05) is 12.1 Å². The lowest BCUT2D eigenvalue weighted by atomic mass is 9.96. The van der Waals surface area contributed by atoms with Gasteiger partial charge >= 0.3 is 0 Å². The molecular formula is C20H22N4O2. The number of benzene rings is 1. The molecule has 1 fully saturated rings. The van der Waals surface area contributed by atoms with E-state index >= 15 is 0 Å². The van der Waals surface area contributed by atoms with Crippen LogP contribution in [0.5, 0.6) is 5.75 Å². The number of nitrogens with one attached hydrogen (secondary N) is 1. The molecule has 0 saturated carbocycles. The second-order valence-electron chi connectivity index (χ2n) is 6.73. The van der Waals surface area contributed by atoms with Gasteiger partial charge in [0.15, 0.2) is 6.61 Å². The summed E-state index contributed by atoms with van der Waals surface area (Å²) in [5, 5.41) is 0. The van der Waals surface area contributed by atoms with Crippen LogP contribution in [0.25, 0.3) is 11.0 Å². The fourth-order valence-electron chi connectivity index (χ4n) is 3.46. The number of likely N-dealkylation sites (tertiary alicyclic amines) is 1. The molecule has 0 atom stereocenters. The number of fused-ring (bicyclic) bond motifs is 1. The maximum absolute atomic E-state index is 12.4. The summed E-state index contributed by atoms with van der Waals surface area (Å²) >= 11 is 0. The van der Waals surface area contributed by atoms with E-state index in [2.05, 4.69) is 29.0 Å². The van der Waals surface area contributed by atoms with Crippen LogP contribution in [0.2, 0.25) is 0 Å². The number of hydrogen-bond donors (Lipinski definition) is 1. The maximum Gasteiger partial charge on any atom is 0.260 e. The summed E-state index contributed by atoms with van der Waals surface area (Å²) in [5.41, 5.74) is 3.32. The number of aryl methyl sites for hydroxylation is 1. The van der Waals surface area contributed by atoms with E-state index in [9.17, 15) is 4.79 Å². The Labute approximate surface area is 152 Å². The lowest BCUT2D eigenvalue weighted by Gasteiger charge is -2.31. The van der Waals surface area contributed by atoms with Crippen LogP contribution in [-0.4, -0.2) is 45.5 Å². The fraction of sp³-hybridized carbons (Fsp3) is 0.350. The molecule has 0 radical (unpaired) electrons. The van der Waals surface area contributed by atoms with Crippen molar-refractivity contribution in [1.29, 1.82) is 0 Å². The third kappa shape index (κ3) is 3.40. The average molecular weight is 350 g/mol. The van der Waals surface area contributed by atoms with E-state index in [1.165, 1.54) is 5.56 Å². The first-order chi connectivity index (χ1) is 12.7. The van der Waals surface area contributed by atoms with E-state index in [0.717, 1.165) is 42.8 Å². The molecule has 0 aliphatic carbocycles. The van der Waals surface area contributed by atoms with Crippen molar-refractivity contribution >= 4 is 16.9 Å². The van der Waals surface area contributed by atoms with E-state index in [-0.39, 0.29) is 12.5 Å². The second kappa shape index (κ2) is 7.15. The van der Waals surface area contributed by atoms with Gasteiger partial charge in [0.05, 0.1) is 17.2 Å². The van der Waals surface area contributed by atoms with Crippen molar-refractivity contribution in [3.63, 3.8) is 0 Å². The summed E-state index contributed by atoms with van der Waals surface area (Å²) in [6.45, 7) is 3.60. The largest absolute Gasteiger partial charge is 0.482 e. The van der Waals surface area contributed by atoms with Crippen LogP contribution in [0.4, 0.5) is 0 Å². The first-order valence-corrected chi connectivity index (χ1v) is 8.96. The predicted octanol–water partition coefficient (Wildman–Crippen LogP) is 3.05. The number of hydrogen-bond acceptors (Lipinski definition) is 4. The smallest absolute Gasteiger partial charge is 0.260 e. The average Bonchev–Trinajstić information content (AvgIpc) is 3.13. The normalized spacial score (nSPS) is 15.3. The second-order valence-corrected chi connectivity index (χ2v) is 6.73. The number of rotatable bonds is 4. The van der Waals surface area contributed by atoms with Gasteiger partial charge in [-0.3, -0.25) is 9.78 Å². The van der Waals surface area contributed by atoms with Crippen molar-refractivity contribution in [2.24, 2.45) is 0 Å². The van der Waals surface area contributed by atoms with Crippen LogP contribution in [-0.2, 0) is 4.79 Å². The molecule has 1 amide bonds. The van der Waals surface area contributed by atoms with Gasteiger partial charge in [0.2, 0.25) is 0 Å². The maximum atomic E-state index is 12.4. The van der Waals surface area contributed by atoms with Crippen molar-refractivity contribution in [3.8, 4) is 5.75 Å². The molecule has 0 unspecified atom stereocenters. The number of aromatic nitrogens is 3. The SMILES string of the molecule is Cc1cccc2[nH]c(C3CCN(C(=O)COc4cccnc4)CC3)nc12. The van der Waals surface area contributed by atoms with Crippen molar-refractivity contribution < 1.29 is 9.53 Å². The Bertz CT molecular complexity index is 899. The Morgan fingerprint density at radius 3 is 2.85 bits per heavy atom. The number of para-hydroxylation sites is 1. The summed E-state index contributed by atoms with van der Waals surface area (Å²) in [4.78, 5) is 26.5. The number of pyridine rings is 1. The minimum Gasteiger partial charge on any atom is -0.482 e. The molecule has 0 spiro atoms. The molecule has 1 aromatic carbocycles. The van der Waals surface area contributed by atoms with Crippen LogP contribution in [0.1, 0.15) is 30.1 Å². The summed E-state index contributed by atoms with van der Waals surface area (Å²) < 4.78 is 5.51. The standard InChI is InChI=1S/C20H22N4O2/c1-14-4-2-6-17-19(14)23-20(22-17)15-7-10-24(11-8-15)18(25)13-26-16-5-3-9-21-12-16/h2-6,9,12,15H,7-8,10-11,13H2,1H3,(H,22,23). The summed E-state index contributed by atoms with van der Waals surface area (Å²) in [5.74, 6) is 2.04. The van der Waals surface area contributed by atoms with Gasteiger partial charge in [-0.15, -0.1) is 0 Å². The van der Waals surface area contributed by atoms with Gasteiger partial charge in [-0.2, -0.15) is 0 Å². The number of imidazole rings is 1. The van der Waals surface area contributed by atoms with Gasteiger partial charge in [0, 0.05) is 25.2 Å². The third-order valence-electron chi connectivity index (χ3n) is 4.96. The first kappa shape index (κ1) is 16.6. The molecule has 26 heavy (non-hydrogen) atoms. The molecule has 3 aromatic rings. The van der Waals surface area contributed by atoms with E-state index in [4.69, 9.17) is 9.72 Å². The zero-order chi connectivity index (χ0) is 17.9. The highest BCUT2D eigenvalue weighted by Gasteiger charge is 2.26. The number of H-pyrrole nitrogens is 1. The number of carbonyl (C=O) groups excluding carboxylic acids is 1. The molecular weight excluding hydrogens is 328 g/mol. The van der Waals surface area contributed by atoms with Crippen LogP contribution in [0.15, 0.2) is 42.7 Å². The van der Waals surface area contributed by atoms with Crippen molar-refractivity contribution in [2.75, 3.05) is 19.7 Å². The van der Waals surface area contributed by atoms with Gasteiger partial charge in [-0.05, 0) is 43.5 Å². The van der Waals surface area contributed by atoms with Crippen LogP contribution < -0.4 is 4.74 Å². The number of amides is 1. The minimum absolute atomic E-state index is 0.0211. The highest BCUT2D eigenvalue weighted by molar-refractivity contribution is 5.79. The predicted molar refractivity (Wildman–Crippen MR) is 99.1 cm³/mol. The molecule has 6 nitrogen and oxygen atoms in total. The lowest BCUT2D eigenvalue weighted by molar-refractivity contribution is -0.134. The molecule has 1 aliphatic rings. The van der Waals surface area contributed by atoms with Gasteiger partial charge in [0.25, 0.3) is 5.91 Å². The van der Waals surface area contributed by atoms with Crippen molar-refractivity contribution in [2.45, 2.75) is 25.7 Å². The molecule has 1 saturated heterocycles. The van der Waals surface area contributed by atoms with Crippen molar-refractivity contribution in [3.05, 3.63) is 54.1 Å². The van der Waals surface area contributed by atoms with Gasteiger partial charge in [-0.25, -0.2) is 4.98 Å². The molecule has 134 valence electrons. The molecule has 1 N–H and O–H groups in total. The number of ether oxygens (including phenoxy) is 1. The van der Waals surface area contributed by atoms with Crippen LogP contribution in [0.3, 0.4) is 0 Å². The number of piperidine rings is 1. The summed E-state index contributed by atoms with van der Waals surface area (Å²) in [6.07, 6.45) is 5.12. The van der Waals surface area contributed by atoms with Crippen molar-refractivity contribution in [1.82, 2.24) is 19.9 Å². The number of nitrogens with zero attached hydrogens (tertiary/aromatic N) is 3. The molecule has 2 aromatic heterocycles. The highest BCUT2D eigenvalue weighted by Crippen LogP contribution is 2.28. The van der Waals surface area contributed by atoms with E-state index in [1.54, 1.807) is 24.5 Å². The zero-order valence-corrected chi connectivity index (χ0v) is 14.8. The quantitative estimate of drug-likeness (QED) is 0.785. The highest BCUT2D eigenvalue weighted by atomic mass is 16.5. The van der Waals surface area contributed by atoms with Gasteiger partial charge < -0.3 is 14.6 Å². The Balaban J connectivity index is 1.34. The summed E-state index contributed by atoms with van der Waals surface area (Å²) in [6, 6.07) is 9.78. The minimum atomic E-state index is 0.0211. The third-order valence-corrected chi connectivity index (χ3v) is 4.96. The molecule has 4 rings (SSSR count). The Morgan fingerprint density at radius 1 is 1.27 bits per heavy atom. The van der Waals surface area contributed by atoms with E-state index in [0.29, 0.717) is 11.7 Å². The van der Waals surface area contributed by atoms with Gasteiger partial charge in [0.1, 0.15) is 11.6 Å². The number of aromatic amines is 1. The number of carbonyl (C=O) groups is 1. The van der Waals surface area contributed by atoms with E-state index < -0.39 is 0 Å². The van der Waals surface area contributed by atoms with Crippen LogP contribution >= 0.6 is 0 Å². The molecule has 6 heteroatoms. The monoisotopic (exact) mass is 350 g/mol. The van der Waals surface area contributed by atoms with Crippen LogP contribution in [0, 0.1) is 6.92 Å². The zero-order valence-electron chi connectivity index (χ0n) is 14.8. The topological polar surface area (TPSA) is 71.1 Å². The molecule has 3 heterocycles. The molecule has 0 bridgehead atoms. The van der Waals surface area contributed by atoms with E-state index in [1.807, 2.05) is 11.0 Å². The summed E-state index contributed by atoms with van der Waals surface area (Å²) in [7, 11) is 0. The lowest BCUT2D eigenvalue weighted by Crippen LogP contribution is -2.40. The molecule has 1 aliphatic heterocycles. The Kier molecular flexibility index (Phi) is 4.56. The first-order valence-electron chi connectivity index (χ1n) is 8.96.